The Labute approximate surface area is 124 Å². The number of ether oxygens (including phenoxy) is 1. The molecule has 0 bridgehead atoms. The quantitative estimate of drug-likeness (QED) is 0.744. The number of halogens is 2. The molecular formula is C16H21ClFNO. The second kappa shape index (κ2) is 6.31. The van der Waals surface area contributed by atoms with Crippen molar-refractivity contribution in [1.29, 1.82) is 0 Å². The minimum Gasteiger partial charge on any atom is -0.488 e. The lowest BCUT2D eigenvalue weighted by Crippen LogP contribution is -2.45. The first-order valence-corrected chi connectivity index (χ1v) is 8.05. The first-order valence-electron chi connectivity index (χ1n) is 7.51. The van der Waals surface area contributed by atoms with Crippen LogP contribution < -0.4 is 4.74 Å². The standard InChI is InChI=1S/C16H21ClFNO/c17-7-2-8-19(14-3-1-4-14)11-15-10-12-9-13(18)5-6-16(12)20-15/h5-6,9,14-15H,1-4,7-8,10-11H2. The smallest absolute Gasteiger partial charge is 0.123 e. The van der Waals surface area contributed by atoms with Crippen LogP contribution in [0, 0.1) is 5.82 Å². The van der Waals surface area contributed by atoms with Gasteiger partial charge in [-0.25, -0.2) is 4.39 Å². The maximum absolute atomic E-state index is 13.2. The number of benzene rings is 1. The van der Waals surface area contributed by atoms with E-state index in [0.717, 1.165) is 37.2 Å². The second-order valence-electron chi connectivity index (χ2n) is 5.82. The number of fused-ring (bicyclic) bond motifs is 1. The van der Waals surface area contributed by atoms with Gasteiger partial charge in [0.2, 0.25) is 0 Å². The SMILES string of the molecule is Fc1ccc2c(c1)CC(CN(CCCCl)C1CCC1)O2. The molecular weight excluding hydrogens is 277 g/mol. The highest BCUT2D eigenvalue weighted by Crippen LogP contribution is 2.31. The summed E-state index contributed by atoms with van der Waals surface area (Å²) >= 11 is 5.82. The third-order valence-electron chi connectivity index (χ3n) is 4.37. The lowest BCUT2D eigenvalue weighted by Gasteiger charge is -2.38. The Kier molecular flexibility index (Phi) is 4.47. The van der Waals surface area contributed by atoms with E-state index in [0.29, 0.717) is 11.9 Å². The molecule has 2 aliphatic rings. The first kappa shape index (κ1) is 14.2. The summed E-state index contributed by atoms with van der Waals surface area (Å²) < 4.78 is 19.2. The number of hydrogen-bond donors (Lipinski definition) is 0. The Morgan fingerprint density at radius 1 is 1.35 bits per heavy atom. The van der Waals surface area contributed by atoms with Crippen LogP contribution in [-0.2, 0) is 6.42 Å². The van der Waals surface area contributed by atoms with Crippen molar-refractivity contribution in [1.82, 2.24) is 4.90 Å². The van der Waals surface area contributed by atoms with E-state index in [9.17, 15) is 4.39 Å². The van der Waals surface area contributed by atoms with Gasteiger partial charge in [-0.05, 0) is 44.0 Å². The van der Waals surface area contributed by atoms with Gasteiger partial charge >= 0.3 is 0 Å². The fourth-order valence-electron chi connectivity index (χ4n) is 3.09. The van der Waals surface area contributed by atoms with Crippen LogP contribution in [0.5, 0.6) is 5.75 Å². The molecule has 1 aliphatic carbocycles. The Balaban J connectivity index is 1.59. The average Bonchev–Trinajstić information content (AvgIpc) is 2.75. The molecule has 0 aromatic heterocycles. The summed E-state index contributed by atoms with van der Waals surface area (Å²) in [5.74, 6) is 1.38. The van der Waals surface area contributed by atoms with Crippen LogP contribution in [0.2, 0.25) is 0 Å². The summed E-state index contributed by atoms with van der Waals surface area (Å²) in [5.41, 5.74) is 1.00. The second-order valence-corrected chi connectivity index (χ2v) is 6.20. The van der Waals surface area contributed by atoms with Crippen molar-refractivity contribution >= 4 is 11.6 Å². The maximum Gasteiger partial charge on any atom is 0.123 e. The van der Waals surface area contributed by atoms with Crippen molar-refractivity contribution in [3.63, 3.8) is 0 Å². The van der Waals surface area contributed by atoms with Crippen LogP contribution in [-0.4, -0.2) is 36.0 Å². The van der Waals surface area contributed by atoms with Crippen LogP contribution in [0.1, 0.15) is 31.2 Å². The molecule has 1 aromatic rings. The van der Waals surface area contributed by atoms with E-state index in [1.54, 1.807) is 12.1 Å². The van der Waals surface area contributed by atoms with Crippen molar-refractivity contribution in [3.05, 3.63) is 29.6 Å². The average molecular weight is 298 g/mol. The van der Waals surface area contributed by atoms with Crippen LogP contribution in [0.25, 0.3) is 0 Å². The van der Waals surface area contributed by atoms with Gasteiger partial charge in [0.1, 0.15) is 17.7 Å². The molecule has 1 atom stereocenters. The van der Waals surface area contributed by atoms with Gasteiger partial charge in [-0.1, -0.05) is 6.42 Å². The topological polar surface area (TPSA) is 12.5 Å². The normalized spacial score (nSPS) is 21.6. The van der Waals surface area contributed by atoms with E-state index >= 15 is 0 Å². The number of rotatable bonds is 6. The molecule has 4 heteroatoms. The van der Waals surface area contributed by atoms with Crippen LogP contribution >= 0.6 is 11.6 Å². The van der Waals surface area contributed by atoms with Crippen LogP contribution in [0.4, 0.5) is 4.39 Å². The molecule has 1 aliphatic heterocycles. The summed E-state index contributed by atoms with van der Waals surface area (Å²) in [4.78, 5) is 2.51. The Morgan fingerprint density at radius 3 is 2.90 bits per heavy atom. The molecule has 0 N–H and O–H groups in total. The van der Waals surface area contributed by atoms with E-state index in [1.807, 2.05) is 0 Å². The summed E-state index contributed by atoms with van der Waals surface area (Å²) in [6, 6.07) is 5.51. The monoisotopic (exact) mass is 297 g/mol. The summed E-state index contributed by atoms with van der Waals surface area (Å²) in [6.45, 7) is 1.97. The Morgan fingerprint density at radius 2 is 2.20 bits per heavy atom. The van der Waals surface area contributed by atoms with Crippen molar-refractivity contribution < 1.29 is 9.13 Å². The fourth-order valence-corrected chi connectivity index (χ4v) is 3.21. The van der Waals surface area contributed by atoms with Gasteiger partial charge in [0.05, 0.1) is 0 Å². The van der Waals surface area contributed by atoms with E-state index in [4.69, 9.17) is 16.3 Å². The predicted octanol–water partition coefficient (Wildman–Crippen LogP) is 3.61. The van der Waals surface area contributed by atoms with E-state index in [1.165, 1.54) is 25.3 Å². The highest BCUT2D eigenvalue weighted by Gasteiger charge is 2.30. The van der Waals surface area contributed by atoms with Gasteiger partial charge < -0.3 is 4.74 Å². The minimum atomic E-state index is -0.175. The van der Waals surface area contributed by atoms with E-state index in [-0.39, 0.29) is 11.9 Å². The number of nitrogens with zero attached hydrogens (tertiary/aromatic N) is 1. The highest BCUT2D eigenvalue weighted by molar-refractivity contribution is 6.17. The lowest BCUT2D eigenvalue weighted by molar-refractivity contribution is 0.0787. The third kappa shape index (κ3) is 3.09. The molecule has 0 amide bonds. The van der Waals surface area contributed by atoms with E-state index in [2.05, 4.69) is 4.90 Å². The molecule has 2 nitrogen and oxygen atoms in total. The van der Waals surface area contributed by atoms with Crippen molar-refractivity contribution in [2.24, 2.45) is 0 Å². The molecule has 1 unspecified atom stereocenters. The highest BCUT2D eigenvalue weighted by atomic mass is 35.5. The summed E-state index contributed by atoms with van der Waals surface area (Å²) in [7, 11) is 0. The first-order chi connectivity index (χ1) is 9.76. The molecule has 1 heterocycles. The predicted molar refractivity (Wildman–Crippen MR) is 79.1 cm³/mol. The van der Waals surface area contributed by atoms with E-state index < -0.39 is 0 Å². The molecule has 1 fully saturated rings. The van der Waals surface area contributed by atoms with Gasteiger partial charge in [-0.15, -0.1) is 11.6 Å². The van der Waals surface area contributed by atoms with Crippen LogP contribution in [0.15, 0.2) is 18.2 Å². The molecule has 0 saturated heterocycles. The number of hydrogen-bond acceptors (Lipinski definition) is 2. The van der Waals surface area contributed by atoms with Crippen molar-refractivity contribution in [2.45, 2.75) is 44.2 Å². The zero-order chi connectivity index (χ0) is 13.9. The molecule has 0 radical (unpaired) electrons. The van der Waals surface area contributed by atoms with Crippen LogP contribution in [0.3, 0.4) is 0 Å². The molecule has 0 spiro atoms. The van der Waals surface area contributed by atoms with Crippen molar-refractivity contribution in [2.75, 3.05) is 19.0 Å². The molecule has 110 valence electrons. The molecule has 20 heavy (non-hydrogen) atoms. The Bertz CT molecular complexity index is 464. The van der Waals surface area contributed by atoms with Gasteiger partial charge in [0.15, 0.2) is 0 Å². The molecule has 3 rings (SSSR count). The molecule has 1 aromatic carbocycles. The molecule has 1 saturated carbocycles. The lowest BCUT2D eigenvalue weighted by atomic mass is 9.91. The Hall–Kier alpha value is -0.800. The zero-order valence-corrected chi connectivity index (χ0v) is 12.4. The maximum atomic E-state index is 13.2. The summed E-state index contributed by atoms with van der Waals surface area (Å²) in [6.07, 6.45) is 5.90. The van der Waals surface area contributed by atoms with Gasteiger partial charge in [0, 0.05) is 30.5 Å². The van der Waals surface area contributed by atoms with Gasteiger partial charge in [-0.3, -0.25) is 4.90 Å². The summed E-state index contributed by atoms with van der Waals surface area (Å²) in [5, 5.41) is 0. The fraction of sp³-hybridized carbons (Fsp3) is 0.625. The van der Waals surface area contributed by atoms with Crippen molar-refractivity contribution in [3.8, 4) is 5.75 Å². The third-order valence-corrected chi connectivity index (χ3v) is 4.64. The zero-order valence-electron chi connectivity index (χ0n) is 11.7. The van der Waals surface area contributed by atoms with Gasteiger partial charge in [0.25, 0.3) is 0 Å². The minimum absolute atomic E-state index is 0.155. The largest absolute Gasteiger partial charge is 0.488 e. The van der Waals surface area contributed by atoms with Gasteiger partial charge in [-0.2, -0.15) is 0 Å². The number of alkyl halides is 1.